The van der Waals surface area contributed by atoms with E-state index in [1.165, 1.54) is 26.6 Å². The second-order valence-electron chi connectivity index (χ2n) is 5.30. The summed E-state index contributed by atoms with van der Waals surface area (Å²) in [5.74, 6) is -0.863. The lowest BCUT2D eigenvalue weighted by Gasteiger charge is -2.00. The van der Waals surface area contributed by atoms with Crippen LogP contribution in [0.1, 0.15) is 31.8 Å². The van der Waals surface area contributed by atoms with Gasteiger partial charge < -0.3 is 9.47 Å². The maximum Gasteiger partial charge on any atom is 0.355 e. The maximum absolute atomic E-state index is 11.6. The molecule has 0 aromatic heterocycles. The van der Waals surface area contributed by atoms with E-state index >= 15 is 0 Å². The summed E-state index contributed by atoms with van der Waals surface area (Å²) in [6, 6.07) is 12.3. The van der Waals surface area contributed by atoms with E-state index in [1.807, 2.05) is 0 Å². The molecule has 0 unspecified atom stereocenters. The van der Waals surface area contributed by atoms with Crippen LogP contribution in [0, 0.1) is 0 Å². The van der Waals surface area contributed by atoms with Crippen LogP contribution in [0.5, 0.6) is 0 Å². The lowest BCUT2D eigenvalue weighted by atomic mass is 10.1. The molecule has 0 atom stereocenters. The molecule has 0 fully saturated rings. The third kappa shape index (κ3) is 6.06. The molecule has 2 aromatic carbocycles. The molecule has 28 heavy (non-hydrogen) atoms. The summed E-state index contributed by atoms with van der Waals surface area (Å²) in [7, 11) is 2.61. The van der Waals surface area contributed by atoms with Gasteiger partial charge in [-0.2, -0.15) is 10.2 Å². The van der Waals surface area contributed by atoms with Gasteiger partial charge in [0.2, 0.25) is 0 Å². The van der Waals surface area contributed by atoms with Crippen LogP contribution in [-0.2, 0) is 9.47 Å². The van der Waals surface area contributed by atoms with E-state index in [4.69, 9.17) is 0 Å². The lowest BCUT2D eigenvalue weighted by molar-refractivity contribution is 0.0592. The summed E-state index contributed by atoms with van der Waals surface area (Å²) >= 11 is 0. The number of ether oxygens (including phenoxy) is 2. The second kappa shape index (κ2) is 10.2. The van der Waals surface area contributed by atoms with Crippen molar-refractivity contribution in [1.29, 1.82) is 0 Å². The second-order valence-corrected chi connectivity index (χ2v) is 5.30. The molecule has 9 heteroatoms. The average molecular weight is 382 g/mol. The first-order valence-electron chi connectivity index (χ1n) is 8.02. The van der Waals surface area contributed by atoms with Crippen LogP contribution < -0.4 is 10.9 Å². The van der Waals surface area contributed by atoms with E-state index in [1.54, 1.807) is 48.5 Å². The highest BCUT2D eigenvalue weighted by Crippen LogP contribution is 2.04. The van der Waals surface area contributed by atoms with Crippen molar-refractivity contribution in [3.8, 4) is 0 Å². The predicted octanol–water partition coefficient (Wildman–Crippen LogP) is 1.93. The van der Waals surface area contributed by atoms with Gasteiger partial charge in [-0.05, 0) is 35.4 Å². The quantitative estimate of drug-likeness (QED) is 0.450. The molecule has 2 aromatic rings. The van der Waals surface area contributed by atoms with Crippen LogP contribution in [0.4, 0.5) is 4.79 Å². The number of benzene rings is 2. The van der Waals surface area contributed by atoms with E-state index in [-0.39, 0.29) is 0 Å². The number of hydrogen-bond donors (Lipinski definition) is 2. The van der Waals surface area contributed by atoms with E-state index in [0.29, 0.717) is 22.3 Å². The highest BCUT2D eigenvalue weighted by Gasteiger charge is 2.04. The number of hydrazone groups is 2. The first-order chi connectivity index (χ1) is 13.5. The Morgan fingerprint density at radius 2 is 1.07 bits per heavy atom. The Bertz CT molecular complexity index is 816. The summed E-state index contributed by atoms with van der Waals surface area (Å²) in [4.78, 5) is 34.3. The van der Waals surface area contributed by atoms with Gasteiger partial charge in [-0.25, -0.2) is 25.2 Å². The zero-order chi connectivity index (χ0) is 20.4. The van der Waals surface area contributed by atoms with Gasteiger partial charge in [0.15, 0.2) is 0 Å². The number of amides is 2. The Hall–Kier alpha value is -4.01. The van der Waals surface area contributed by atoms with E-state index < -0.39 is 18.0 Å². The topological polar surface area (TPSA) is 118 Å². The molecule has 0 aliphatic carbocycles. The molecule has 2 rings (SSSR count). The molecule has 0 bridgehead atoms. The number of carbonyl (C=O) groups excluding carboxylic acids is 3. The molecule has 144 valence electrons. The third-order valence-electron chi connectivity index (χ3n) is 3.42. The summed E-state index contributed by atoms with van der Waals surface area (Å²) in [5, 5.41) is 7.55. The van der Waals surface area contributed by atoms with Crippen molar-refractivity contribution in [2.75, 3.05) is 14.2 Å². The van der Waals surface area contributed by atoms with Crippen molar-refractivity contribution in [2.24, 2.45) is 10.2 Å². The number of carbonyl (C=O) groups is 3. The Labute approximate surface area is 161 Å². The van der Waals surface area contributed by atoms with Crippen molar-refractivity contribution >= 4 is 30.4 Å². The van der Waals surface area contributed by atoms with E-state index in [2.05, 4.69) is 30.5 Å². The van der Waals surface area contributed by atoms with Crippen molar-refractivity contribution < 1.29 is 23.9 Å². The fourth-order valence-corrected chi connectivity index (χ4v) is 2.00. The molecule has 0 saturated carbocycles. The van der Waals surface area contributed by atoms with Crippen LogP contribution >= 0.6 is 0 Å². The number of nitrogens with zero attached hydrogens (tertiary/aromatic N) is 2. The van der Waals surface area contributed by atoms with Gasteiger partial charge >= 0.3 is 18.0 Å². The number of urea groups is 1. The number of rotatable bonds is 6. The molecule has 2 N–H and O–H groups in total. The molecule has 0 radical (unpaired) electrons. The van der Waals surface area contributed by atoms with Gasteiger partial charge in [-0.1, -0.05) is 24.3 Å². The first kappa shape index (κ1) is 20.3. The van der Waals surface area contributed by atoms with E-state index in [9.17, 15) is 14.4 Å². The zero-order valence-electron chi connectivity index (χ0n) is 15.2. The van der Waals surface area contributed by atoms with Crippen LogP contribution in [0.2, 0.25) is 0 Å². The largest absolute Gasteiger partial charge is 0.465 e. The van der Waals surface area contributed by atoms with Gasteiger partial charge in [-0.3, -0.25) is 0 Å². The third-order valence-corrected chi connectivity index (χ3v) is 3.42. The summed E-state index contributed by atoms with van der Waals surface area (Å²) in [5.41, 5.74) is 6.70. The van der Waals surface area contributed by atoms with Crippen molar-refractivity contribution in [3.63, 3.8) is 0 Å². The molecule has 0 heterocycles. The van der Waals surface area contributed by atoms with Gasteiger partial charge in [0, 0.05) is 0 Å². The normalized spacial score (nSPS) is 10.6. The smallest absolute Gasteiger partial charge is 0.355 e. The molecular formula is C19H18N4O5. The minimum atomic E-state index is -0.634. The van der Waals surface area contributed by atoms with Gasteiger partial charge in [0.05, 0.1) is 37.8 Å². The Morgan fingerprint density at radius 3 is 1.39 bits per heavy atom. The van der Waals surface area contributed by atoms with Gasteiger partial charge in [-0.15, -0.1) is 0 Å². The number of nitrogens with one attached hydrogen (secondary N) is 2. The van der Waals surface area contributed by atoms with Gasteiger partial charge in [0.1, 0.15) is 0 Å². The summed E-state index contributed by atoms with van der Waals surface area (Å²) in [6.45, 7) is 0. The number of esters is 2. The monoisotopic (exact) mass is 382 g/mol. The molecular weight excluding hydrogens is 364 g/mol. The maximum atomic E-state index is 11.6. The number of hydrogen-bond acceptors (Lipinski definition) is 7. The Morgan fingerprint density at radius 1 is 0.714 bits per heavy atom. The zero-order valence-corrected chi connectivity index (χ0v) is 15.2. The van der Waals surface area contributed by atoms with Crippen LogP contribution in [0.3, 0.4) is 0 Å². The molecule has 2 amide bonds. The molecule has 0 aliphatic rings. The Balaban J connectivity index is 1.80. The summed E-state index contributed by atoms with van der Waals surface area (Å²) < 4.78 is 9.22. The lowest BCUT2D eigenvalue weighted by Crippen LogP contribution is -2.28. The standard InChI is InChI=1S/C19H18N4O5/c1-27-17(24)15-7-3-13(4-8-15)11-20-22-19(26)23-21-12-14-5-9-16(10-6-14)18(25)28-2/h3-12H,1-2H3,(H2,22,23,26)/b20-11+,21-12+. The molecule has 0 spiro atoms. The average Bonchev–Trinajstić information content (AvgIpc) is 2.73. The fourth-order valence-electron chi connectivity index (χ4n) is 2.00. The highest BCUT2D eigenvalue weighted by atomic mass is 16.5. The first-order valence-corrected chi connectivity index (χ1v) is 8.02. The highest BCUT2D eigenvalue weighted by molar-refractivity contribution is 5.91. The summed E-state index contributed by atoms with van der Waals surface area (Å²) in [6.07, 6.45) is 2.83. The number of methoxy groups -OCH3 is 2. The van der Waals surface area contributed by atoms with Crippen LogP contribution in [-0.4, -0.2) is 44.6 Å². The van der Waals surface area contributed by atoms with Crippen LogP contribution in [0.15, 0.2) is 58.7 Å². The van der Waals surface area contributed by atoms with Crippen molar-refractivity contribution in [2.45, 2.75) is 0 Å². The minimum Gasteiger partial charge on any atom is -0.465 e. The predicted molar refractivity (Wildman–Crippen MR) is 102 cm³/mol. The molecule has 0 aliphatic heterocycles. The van der Waals surface area contributed by atoms with Crippen molar-refractivity contribution in [3.05, 3.63) is 70.8 Å². The van der Waals surface area contributed by atoms with Crippen LogP contribution in [0.25, 0.3) is 0 Å². The Kier molecular flexibility index (Phi) is 7.41. The molecule has 0 saturated heterocycles. The van der Waals surface area contributed by atoms with E-state index in [0.717, 1.165) is 0 Å². The fraction of sp³-hybridized carbons (Fsp3) is 0.105. The minimum absolute atomic E-state index is 0.416. The van der Waals surface area contributed by atoms with Gasteiger partial charge in [0.25, 0.3) is 0 Å². The SMILES string of the molecule is COC(=O)c1ccc(/C=N/NC(=O)N/N=C/c2ccc(C(=O)OC)cc2)cc1. The molecule has 9 nitrogen and oxygen atoms in total. The van der Waals surface area contributed by atoms with Crippen molar-refractivity contribution in [1.82, 2.24) is 10.9 Å².